The highest BCUT2D eigenvalue weighted by Gasteiger charge is 2.13. The maximum atomic E-state index is 12.5. The van der Waals surface area contributed by atoms with Crippen LogP contribution in [-0.2, 0) is 16.1 Å². The van der Waals surface area contributed by atoms with E-state index >= 15 is 0 Å². The van der Waals surface area contributed by atoms with Gasteiger partial charge in [0.25, 0.3) is 5.56 Å². The normalized spacial score (nSPS) is 11.1. The minimum Gasteiger partial charge on any atom is -0.459 e. The lowest BCUT2D eigenvalue weighted by Gasteiger charge is -2.05. The zero-order valence-corrected chi connectivity index (χ0v) is 17.8. The molecule has 4 aromatic rings. The highest BCUT2D eigenvalue weighted by atomic mass is 32.2. The van der Waals surface area contributed by atoms with Gasteiger partial charge in [-0.25, -0.2) is 4.98 Å². The van der Waals surface area contributed by atoms with Crippen LogP contribution in [0.15, 0.2) is 64.3 Å². The molecule has 2 aromatic heterocycles. The van der Waals surface area contributed by atoms with Crippen LogP contribution in [0.25, 0.3) is 15.2 Å². The molecule has 0 spiro atoms. The Hall–Kier alpha value is -2.97. The average molecular weight is 439 g/mol. The zero-order valence-electron chi connectivity index (χ0n) is 16.2. The molecule has 2 aromatic carbocycles. The van der Waals surface area contributed by atoms with Crippen molar-refractivity contribution in [3.8, 4) is 0 Å². The Balaban J connectivity index is 1.37. The van der Waals surface area contributed by atoms with Gasteiger partial charge in [0.1, 0.15) is 6.61 Å². The highest BCUT2D eigenvalue weighted by molar-refractivity contribution is 7.98. The first kappa shape index (κ1) is 20.3. The van der Waals surface area contributed by atoms with Crippen molar-refractivity contribution in [1.82, 2.24) is 9.38 Å². The number of hydrogen-bond donors (Lipinski definition) is 0. The van der Waals surface area contributed by atoms with E-state index in [1.54, 1.807) is 28.3 Å². The molecule has 6 nitrogen and oxygen atoms in total. The third-order valence-corrected chi connectivity index (χ3v) is 6.36. The molecule has 30 heavy (non-hydrogen) atoms. The smallest absolute Gasteiger partial charge is 0.306 e. The molecule has 2 heterocycles. The first-order chi connectivity index (χ1) is 14.5. The zero-order chi connectivity index (χ0) is 21.1. The number of ether oxygens (including phenoxy) is 1. The van der Waals surface area contributed by atoms with Gasteiger partial charge in [-0.1, -0.05) is 35.6 Å². The molecular formula is C22H18N2O4S2. The third-order valence-electron chi connectivity index (χ3n) is 4.60. The number of rotatable bonds is 7. The van der Waals surface area contributed by atoms with Crippen molar-refractivity contribution in [1.29, 1.82) is 0 Å². The van der Waals surface area contributed by atoms with Gasteiger partial charge in [0.2, 0.25) is 0 Å². The van der Waals surface area contributed by atoms with Crippen LogP contribution >= 0.6 is 23.1 Å². The van der Waals surface area contributed by atoms with Crippen LogP contribution in [0.5, 0.6) is 0 Å². The Morgan fingerprint density at radius 3 is 2.63 bits per heavy atom. The molecule has 0 radical (unpaired) electrons. The number of aromatic nitrogens is 2. The van der Waals surface area contributed by atoms with Crippen molar-refractivity contribution in [3.63, 3.8) is 0 Å². The van der Waals surface area contributed by atoms with Gasteiger partial charge in [-0.05, 0) is 30.5 Å². The summed E-state index contributed by atoms with van der Waals surface area (Å²) >= 11 is 3.00. The number of fused-ring (bicyclic) bond motifs is 3. The number of thioether (sulfide) groups is 1. The first-order valence-corrected chi connectivity index (χ1v) is 11.3. The topological polar surface area (TPSA) is 77.7 Å². The Labute approximate surface area is 180 Å². The minimum atomic E-state index is -0.498. The van der Waals surface area contributed by atoms with E-state index in [2.05, 4.69) is 4.98 Å². The van der Waals surface area contributed by atoms with Gasteiger partial charge in [0.05, 0.1) is 22.3 Å². The number of benzene rings is 2. The Morgan fingerprint density at radius 1 is 1.10 bits per heavy atom. The number of Topliss-reactive ketones (excluding diaryl/α,β-unsaturated/α-hetero) is 1. The van der Waals surface area contributed by atoms with Crippen LogP contribution in [0.4, 0.5) is 0 Å². The average Bonchev–Trinajstić information content (AvgIpc) is 3.15. The molecule has 4 rings (SSSR count). The molecule has 0 amide bonds. The summed E-state index contributed by atoms with van der Waals surface area (Å²) in [5, 5.41) is 0. The number of carbonyl (C=O) groups excluding carboxylic acids is 2. The molecule has 0 aliphatic heterocycles. The summed E-state index contributed by atoms with van der Waals surface area (Å²) in [4.78, 5) is 42.8. The number of esters is 1. The van der Waals surface area contributed by atoms with Crippen molar-refractivity contribution >= 4 is 50.0 Å². The summed E-state index contributed by atoms with van der Waals surface area (Å²) in [7, 11) is 0. The van der Waals surface area contributed by atoms with Crippen molar-refractivity contribution < 1.29 is 14.3 Å². The quantitative estimate of drug-likeness (QED) is 0.243. The molecule has 0 saturated carbocycles. The molecular weight excluding hydrogens is 420 g/mol. The lowest BCUT2D eigenvalue weighted by Crippen LogP contribution is -2.15. The molecule has 0 N–H and O–H groups in total. The van der Waals surface area contributed by atoms with Crippen molar-refractivity contribution in [3.05, 3.63) is 76.2 Å². The third kappa shape index (κ3) is 4.29. The standard InChI is InChI=1S/C22H18N2O4S2/c1-29-16-8-6-14(7-9-16)18(25)10-11-21(27)28-13-15-12-20(26)24-17-4-2-3-5-19(17)30-22(24)23-15/h2-9,12H,10-11,13H2,1H3. The van der Waals surface area contributed by atoms with Gasteiger partial charge in [0, 0.05) is 22.9 Å². The SMILES string of the molecule is CSc1ccc(C(=O)CCC(=O)OCc2cc(=O)n3c(n2)sc2ccccc23)cc1. The predicted molar refractivity (Wildman–Crippen MR) is 118 cm³/mol. The summed E-state index contributed by atoms with van der Waals surface area (Å²) in [6.45, 7) is -0.102. The second-order valence-electron chi connectivity index (χ2n) is 6.59. The molecule has 0 atom stereocenters. The summed E-state index contributed by atoms with van der Waals surface area (Å²) < 4.78 is 7.73. The van der Waals surface area contributed by atoms with Gasteiger partial charge in [-0.15, -0.1) is 11.8 Å². The summed E-state index contributed by atoms with van der Waals surface area (Å²) in [5.41, 5.74) is 1.55. The fourth-order valence-electron chi connectivity index (χ4n) is 3.06. The number of para-hydroxylation sites is 1. The molecule has 0 saturated heterocycles. The second kappa shape index (κ2) is 8.81. The molecule has 152 valence electrons. The number of hydrogen-bond acceptors (Lipinski definition) is 7. The molecule has 8 heteroatoms. The Morgan fingerprint density at radius 2 is 1.87 bits per heavy atom. The van der Waals surface area contributed by atoms with Crippen LogP contribution in [0.1, 0.15) is 28.9 Å². The molecule has 0 bridgehead atoms. The lowest BCUT2D eigenvalue weighted by molar-refractivity contribution is -0.145. The van der Waals surface area contributed by atoms with E-state index in [0.717, 1.165) is 15.1 Å². The van der Waals surface area contributed by atoms with Crippen molar-refractivity contribution in [2.45, 2.75) is 24.3 Å². The maximum Gasteiger partial charge on any atom is 0.306 e. The Bertz CT molecular complexity index is 1290. The summed E-state index contributed by atoms with van der Waals surface area (Å²) in [6.07, 6.45) is 2.02. The van der Waals surface area contributed by atoms with Crippen LogP contribution < -0.4 is 5.56 Å². The number of ketones is 1. The van der Waals surface area contributed by atoms with E-state index in [0.29, 0.717) is 16.2 Å². The number of carbonyl (C=O) groups is 2. The van der Waals surface area contributed by atoms with Crippen molar-refractivity contribution in [2.24, 2.45) is 0 Å². The lowest BCUT2D eigenvalue weighted by atomic mass is 10.1. The monoisotopic (exact) mass is 438 g/mol. The first-order valence-electron chi connectivity index (χ1n) is 9.28. The maximum absolute atomic E-state index is 12.5. The number of nitrogens with zero attached hydrogens (tertiary/aromatic N) is 2. The van der Waals surface area contributed by atoms with E-state index in [4.69, 9.17) is 4.74 Å². The van der Waals surface area contributed by atoms with E-state index < -0.39 is 5.97 Å². The highest BCUT2D eigenvalue weighted by Crippen LogP contribution is 2.23. The van der Waals surface area contributed by atoms with Crippen LogP contribution in [0.3, 0.4) is 0 Å². The van der Waals surface area contributed by atoms with Crippen LogP contribution in [-0.4, -0.2) is 27.4 Å². The van der Waals surface area contributed by atoms with Gasteiger partial charge in [-0.2, -0.15) is 0 Å². The van der Waals surface area contributed by atoms with E-state index in [9.17, 15) is 14.4 Å². The minimum absolute atomic E-state index is 0.0206. The molecule has 0 unspecified atom stereocenters. The summed E-state index contributed by atoms with van der Waals surface area (Å²) in [6, 6.07) is 16.2. The molecule has 0 fully saturated rings. The van der Waals surface area contributed by atoms with Gasteiger partial charge < -0.3 is 4.74 Å². The van der Waals surface area contributed by atoms with E-state index in [-0.39, 0.29) is 30.8 Å². The van der Waals surface area contributed by atoms with Gasteiger partial charge in [0.15, 0.2) is 10.7 Å². The predicted octanol–water partition coefficient (Wildman–Crippen LogP) is 4.34. The van der Waals surface area contributed by atoms with Gasteiger partial charge >= 0.3 is 5.97 Å². The molecule has 0 aliphatic carbocycles. The van der Waals surface area contributed by atoms with Crippen LogP contribution in [0.2, 0.25) is 0 Å². The fourth-order valence-corrected chi connectivity index (χ4v) is 4.52. The Kier molecular flexibility index (Phi) is 5.96. The second-order valence-corrected chi connectivity index (χ2v) is 8.47. The van der Waals surface area contributed by atoms with Gasteiger partial charge in [-0.3, -0.25) is 18.8 Å². The summed E-state index contributed by atoms with van der Waals surface area (Å²) in [5.74, 6) is -0.606. The number of thiazole rings is 1. The van der Waals surface area contributed by atoms with Crippen molar-refractivity contribution in [2.75, 3.05) is 6.26 Å². The largest absolute Gasteiger partial charge is 0.459 e. The van der Waals surface area contributed by atoms with E-state index in [1.165, 1.54) is 17.4 Å². The molecule has 0 aliphatic rings. The van der Waals surface area contributed by atoms with Crippen LogP contribution in [0, 0.1) is 0 Å². The van der Waals surface area contributed by atoms with E-state index in [1.807, 2.05) is 42.7 Å². The fraction of sp³-hybridized carbons (Fsp3) is 0.182.